The van der Waals surface area contributed by atoms with E-state index >= 15 is 0 Å². The molecular formula is C53H33F6N3. The van der Waals surface area contributed by atoms with Gasteiger partial charge < -0.3 is 9.13 Å². The zero-order chi connectivity index (χ0) is 43.1. The van der Waals surface area contributed by atoms with Gasteiger partial charge in [0.15, 0.2) is 5.69 Å². The van der Waals surface area contributed by atoms with Gasteiger partial charge in [-0.05, 0) is 107 Å². The minimum atomic E-state index is -5.18. The summed E-state index contributed by atoms with van der Waals surface area (Å²) in [4.78, 5) is 3.80. The highest BCUT2D eigenvalue weighted by atomic mass is 19.4. The van der Waals surface area contributed by atoms with E-state index in [-0.39, 0.29) is 17.3 Å². The van der Waals surface area contributed by atoms with Crippen LogP contribution in [0.4, 0.5) is 32.0 Å². The number of hydrogen-bond acceptors (Lipinski definition) is 0. The Morgan fingerprint density at radius 1 is 0.419 bits per heavy atom. The van der Waals surface area contributed by atoms with Crippen LogP contribution in [0.5, 0.6) is 0 Å². The molecule has 302 valence electrons. The van der Waals surface area contributed by atoms with Gasteiger partial charge in [0, 0.05) is 21.5 Å². The van der Waals surface area contributed by atoms with Crippen LogP contribution in [-0.2, 0) is 12.4 Å². The van der Waals surface area contributed by atoms with Crippen molar-refractivity contribution in [2.75, 3.05) is 0 Å². The molecule has 0 fully saturated rings. The summed E-state index contributed by atoms with van der Waals surface area (Å²) in [5.74, 6) is 0. The summed E-state index contributed by atoms with van der Waals surface area (Å²) < 4.78 is 90.9. The first-order chi connectivity index (χ1) is 29.8. The van der Waals surface area contributed by atoms with Gasteiger partial charge in [-0.3, -0.25) is 0 Å². The van der Waals surface area contributed by atoms with Crippen LogP contribution >= 0.6 is 0 Å². The fraction of sp³-hybridized carbons (Fsp3) is 0.0755. The first-order valence-corrected chi connectivity index (χ1v) is 19.9. The van der Waals surface area contributed by atoms with E-state index in [0.29, 0.717) is 17.4 Å². The summed E-state index contributed by atoms with van der Waals surface area (Å²) in [7, 11) is 0. The lowest BCUT2D eigenvalue weighted by Crippen LogP contribution is -2.12. The van der Waals surface area contributed by atoms with E-state index in [9.17, 15) is 26.3 Å². The molecule has 0 bridgehead atoms. The molecule has 0 saturated heterocycles. The van der Waals surface area contributed by atoms with Crippen molar-refractivity contribution in [3.05, 3.63) is 197 Å². The number of rotatable bonds is 5. The summed E-state index contributed by atoms with van der Waals surface area (Å²) in [6.07, 6.45) is -10.2. The molecule has 0 radical (unpaired) electrons. The predicted molar refractivity (Wildman–Crippen MR) is 237 cm³/mol. The van der Waals surface area contributed by atoms with Gasteiger partial charge in [-0.2, -0.15) is 26.3 Å². The maximum Gasteiger partial charge on any atom is 0.416 e. The lowest BCUT2D eigenvalue weighted by atomic mass is 9.94. The third kappa shape index (κ3) is 6.21. The molecule has 10 rings (SSSR count). The number of aryl methyl sites for hydroxylation is 2. The Hall–Kier alpha value is -7.57. The topological polar surface area (TPSA) is 14.2 Å². The zero-order valence-electron chi connectivity index (χ0n) is 33.2. The molecule has 0 saturated carbocycles. The average molecular weight is 826 g/mol. The van der Waals surface area contributed by atoms with E-state index in [0.717, 1.165) is 83.1 Å². The lowest BCUT2D eigenvalue weighted by Gasteiger charge is -2.22. The monoisotopic (exact) mass is 825 g/mol. The normalized spacial score (nSPS) is 12.2. The molecule has 9 heteroatoms. The first-order valence-electron chi connectivity index (χ1n) is 19.9. The number of nitrogens with zero attached hydrogens (tertiary/aromatic N) is 3. The molecule has 8 aromatic carbocycles. The maximum absolute atomic E-state index is 15.0. The van der Waals surface area contributed by atoms with Crippen LogP contribution in [0.25, 0.3) is 93.2 Å². The molecule has 2 heterocycles. The van der Waals surface area contributed by atoms with Crippen LogP contribution in [0.3, 0.4) is 0 Å². The molecular weight excluding hydrogens is 793 g/mol. The Morgan fingerprint density at radius 2 is 0.887 bits per heavy atom. The lowest BCUT2D eigenvalue weighted by molar-refractivity contribution is -0.142. The number of hydrogen-bond donors (Lipinski definition) is 0. The number of benzene rings is 8. The van der Waals surface area contributed by atoms with Crippen molar-refractivity contribution in [3.63, 3.8) is 0 Å². The van der Waals surface area contributed by atoms with E-state index in [1.807, 2.05) is 132 Å². The summed E-state index contributed by atoms with van der Waals surface area (Å²) in [5, 5.41) is 3.61. The SMILES string of the molecule is [C-]#[N+]c1cc(-n2c3ccccc3c3ccc(-c4ccccc4C)cc32)c(-n2c3ccccc3c3ccc(-c4ccccc4C)cc32)cc1-c1ccc(C(F)(F)F)cc1C(F)(F)F. The number of aromatic nitrogens is 2. The summed E-state index contributed by atoms with van der Waals surface area (Å²) in [5.41, 5.74) is 6.26. The van der Waals surface area contributed by atoms with Gasteiger partial charge in [-0.1, -0.05) is 115 Å². The van der Waals surface area contributed by atoms with Crippen molar-refractivity contribution in [1.82, 2.24) is 9.13 Å². The molecule has 0 aliphatic heterocycles. The molecule has 62 heavy (non-hydrogen) atoms. The molecule has 0 amide bonds. The Bertz CT molecular complexity index is 3490. The van der Waals surface area contributed by atoms with Crippen LogP contribution in [0.1, 0.15) is 22.3 Å². The number of halogens is 6. The molecule has 0 aliphatic carbocycles. The highest BCUT2D eigenvalue weighted by Crippen LogP contribution is 2.48. The van der Waals surface area contributed by atoms with Crippen molar-refractivity contribution >= 4 is 49.3 Å². The molecule has 0 N–H and O–H groups in total. The van der Waals surface area contributed by atoms with Gasteiger partial charge in [0.2, 0.25) is 0 Å². The Morgan fingerprint density at radius 3 is 1.37 bits per heavy atom. The smallest absolute Gasteiger partial charge is 0.308 e. The molecule has 0 aliphatic rings. The quantitative estimate of drug-likeness (QED) is 0.121. The highest BCUT2D eigenvalue weighted by molar-refractivity contribution is 6.13. The summed E-state index contributed by atoms with van der Waals surface area (Å²) >= 11 is 0. The number of fused-ring (bicyclic) bond motifs is 6. The van der Waals surface area contributed by atoms with Gasteiger partial charge >= 0.3 is 12.4 Å². The van der Waals surface area contributed by atoms with E-state index in [4.69, 9.17) is 6.57 Å². The Kier molecular flexibility index (Phi) is 8.89. The summed E-state index contributed by atoms with van der Waals surface area (Å²) in [6, 6.07) is 48.7. The molecule has 0 spiro atoms. The standard InChI is InChI=1S/C53H33F6N3/c1-31-12-4-6-14-36(31)33-20-23-41-39-16-8-10-18-46(39)61(48(41)26-33)50-29-43(38-25-22-35(52(54,55)56)28-44(38)53(57,58)59)45(60-3)30-51(50)62-47-19-11-9-17-40(47)42-24-21-34(27-49(42)62)37-15-7-5-13-32(37)2/h4-30H,1-2H3. The van der Waals surface area contributed by atoms with Crippen LogP contribution < -0.4 is 0 Å². The van der Waals surface area contributed by atoms with Crippen LogP contribution in [0.2, 0.25) is 0 Å². The van der Waals surface area contributed by atoms with Crippen molar-refractivity contribution in [2.45, 2.75) is 26.2 Å². The molecule has 0 unspecified atom stereocenters. The van der Waals surface area contributed by atoms with Crippen LogP contribution in [0, 0.1) is 20.4 Å². The largest absolute Gasteiger partial charge is 0.416 e. The van der Waals surface area contributed by atoms with Crippen molar-refractivity contribution in [2.24, 2.45) is 0 Å². The minimum absolute atomic E-state index is 0.131. The average Bonchev–Trinajstić information content (AvgIpc) is 3.77. The van der Waals surface area contributed by atoms with Gasteiger partial charge in [0.25, 0.3) is 0 Å². The second-order valence-electron chi connectivity index (χ2n) is 15.5. The fourth-order valence-electron chi connectivity index (χ4n) is 9.01. The van der Waals surface area contributed by atoms with Crippen molar-refractivity contribution < 1.29 is 26.3 Å². The van der Waals surface area contributed by atoms with E-state index < -0.39 is 29.0 Å². The third-order valence-corrected chi connectivity index (χ3v) is 11.9. The van der Waals surface area contributed by atoms with Gasteiger partial charge in [-0.15, -0.1) is 0 Å². The fourth-order valence-corrected chi connectivity index (χ4v) is 9.01. The van der Waals surface area contributed by atoms with E-state index in [1.165, 1.54) is 0 Å². The van der Waals surface area contributed by atoms with Gasteiger partial charge in [0.1, 0.15) is 0 Å². The van der Waals surface area contributed by atoms with Gasteiger partial charge in [0.05, 0.1) is 51.1 Å². The number of para-hydroxylation sites is 2. The van der Waals surface area contributed by atoms with Gasteiger partial charge in [-0.25, -0.2) is 4.85 Å². The highest BCUT2D eigenvalue weighted by Gasteiger charge is 2.39. The molecule has 10 aromatic rings. The van der Waals surface area contributed by atoms with Crippen molar-refractivity contribution in [1.29, 1.82) is 0 Å². The Balaban J connectivity index is 1.38. The summed E-state index contributed by atoms with van der Waals surface area (Å²) in [6.45, 7) is 12.5. The minimum Gasteiger partial charge on any atom is -0.308 e. The zero-order valence-corrected chi connectivity index (χ0v) is 33.2. The molecule has 3 nitrogen and oxygen atoms in total. The predicted octanol–water partition coefficient (Wildman–Crippen LogP) is 16.1. The first kappa shape index (κ1) is 38.6. The second kappa shape index (κ2) is 14.3. The van der Waals surface area contributed by atoms with Crippen LogP contribution in [-0.4, -0.2) is 9.13 Å². The third-order valence-electron chi connectivity index (χ3n) is 11.9. The van der Waals surface area contributed by atoms with E-state index in [1.54, 1.807) is 12.1 Å². The van der Waals surface area contributed by atoms with E-state index in [2.05, 4.69) is 29.1 Å². The van der Waals surface area contributed by atoms with Crippen molar-refractivity contribution in [3.8, 4) is 44.8 Å². The second-order valence-corrected chi connectivity index (χ2v) is 15.5. The molecule has 2 aromatic heterocycles. The maximum atomic E-state index is 15.0. The Labute approximate surface area is 352 Å². The van der Waals surface area contributed by atoms with Crippen LogP contribution in [0.15, 0.2) is 164 Å². The number of alkyl halides is 6. The molecule has 0 atom stereocenters.